The van der Waals surface area contributed by atoms with Gasteiger partial charge in [0, 0.05) is 23.6 Å². The maximum atomic E-state index is 10.8. The monoisotopic (exact) mass is 341 g/mol. The molecule has 1 aromatic carbocycles. The number of piperidine rings is 1. The molecule has 0 unspecified atom stereocenters. The van der Waals surface area contributed by atoms with E-state index in [1.165, 1.54) is 30.5 Å². The Hall–Kier alpha value is -1.26. The molecule has 0 amide bonds. The van der Waals surface area contributed by atoms with Gasteiger partial charge in [0.05, 0.1) is 13.2 Å². The first-order valence-electron chi connectivity index (χ1n) is 10.0. The number of aliphatic hydroxyl groups is 1. The lowest BCUT2D eigenvalue weighted by Crippen LogP contribution is -2.67. The van der Waals surface area contributed by atoms with Crippen LogP contribution in [0.15, 0.2) is 12.1 Å². The van der Waals surface area contributed by atoms with E-state index in [2.05, 4.69) is 17.0 Å². The highest BCUT2D eigenvalue weighted by molar-refractivity contribution is 5.61. The summed E-state index contributed by atoms with van der Waals surface area (Å²) in [5.74, 6) is 3.33. The number of methoxy groups -OCH3 is 1. The second-order valence-electron chi connectivity index (χ2n) is 8.92. The third-order valence-corrected chi connectivity index (χ3v) is 7.80. The van der Waals surface area contributed by atoms with Crippen molar-refractivity contribution in [3.63, 3.8) is 0 Å². The molecule has 0 radical (unpaired) electrons. The van der Waals surface area contributed by atoms with Gasteiger partial charge in [0.25, 0.3) is 0 Å². The first-order chi connectivity index (χ1) is 12.2. The summed E-state index contributed by atoms with van der Waals surface area (Å²) >= 11 is 0. The third-order valence-electron chi connectivity index (χ3n) is 7.80. The van der Waals surface area contributed by atoms with Gasteiger partial charge in [0.1, 0.15) is 6.10 Å². The average molecular weight is 341 g/mol. The summed E-state index contributed by atoms with van der Waals surface area (Å²) in [6, 6.07) is 4.95. The van der Waals surface area contributed by atoms with Crippen LogP contribution >= 0.6 is 0 Å². The molecule has 1 spiro atoms. The van der Waals surface area contributed by atoms with Crippen molar-refractivity contribution in [1.29, 1.82) is 0 Å². The van der Waals surface area contributed by atoms with E-state index in [9.17, 15) is 5.11 Å². The lowest BCUT2D eigenvalue weighted by Gasteiger charge is -2.59. The van der Waals surface area contributed by atoms with E-state index in [1.807, 2.05) is 0 Å². The number of hydrogen-bond donors (Lipinski definition) is 1. The van der Waals surface area contributed by atoms with Gasteiger partial charge in [0.2, 0.25) is 0 Å². The van der Waals surface area contributed by atoms with Crippen molar-refractivity contribution in [3.8, 4) is 11.5 Å². The molecule has 25 heavy (non-hydrogen) atoms. The fraction of sp³-hybridized carbons (Fsp3) is 0.714. The minimum absolute atomic E-state index is 0.0137. The Labute approximate surface area is 149 Å². The number of ether oxygens (including phenoxy) is 2. The highest BCUT2D eigenvalue weighted by atomic mass is 16.5. The summed E-state index contributed by atoms with van der Waals surface area (Å²) in [4.78, 5) is 2.79. The number of hydrogen-bond acceptors (Lipinski definition) is 4. The van der Waals surface area contributed by atoms with Gasteiger partial charge in [0.15, 0.2) is 11.5 Å². The molecule has 5 aliphatic rings. The largest absolute Gasteiger partial charge is 0.493 e. The molecular weight excluding hydrogens is 314 g/mol. The number of aliphatic hydroxyl groups excluding tert-OH is 1. The lowest BCUT2D eigenvalue weighted by molar-refractivity contribution is -0.105. The zero-order valence-electron chi connectivity index (χ0n) is 14.9. The predicted octanol–water partition coefficient (Wildman–Crippen LogP) is 2.51. The Morgan fingerprint density at radius 1 is 1.28 bits per heavy atom. The maximum Gasteiger partial charge on any atom is 0.165 e. The van der Waals surface area contributed by atoms with Gasteiger partial charge in [-0.25, -0.2) is 0 Å². The Morgan fingerprint density at radius 2 is 2.16 bits per heavy atom. The van der Waals surface area contributed by atoms with Crippen LogP contribution in [-0.2, 0) is 11.8 Å². The second kappa shape index (κ2) is 4.92. The second-order valence-corrected chi connectivity index (χ2v) is 8.92. The van der Waals surface area contributed by atoms with Crippen LogP contribution in [0.2, 0.25) is 0 Å². The fourth-order valence-electron chi connectivity index (χ4n) is 6.61. The van der Waals surface area contributed by atoms with E-state index in [1.54, 1.807) is 7.11 Å². The summed E-state index contributed by atoms with van der Waals surface area (Å²) in [7, 11) is 1.72. The SMILES string of the molecule is COc1ccc2c3c1O[C@H]1[C@@H](O)CC[C@H]4[C@@H](C2)N(CC2CC2)CC[C@@]341. The molecule has 6 rings (SSSR count). The smallest absolute Gasteiger partial charge is 0.165 e. The van der Waals surface area contributed by atoms with Crippen molar-refractivity contribution in [2.75, 3.05) is 20.2 Å². The maximum absolute atomic E-state index is 10.8. The number of likely N-dealkylation sites (tertiary alicyclic amines) is 1. The molecule has 4 heteroatoms. The van der Waals surface area contributed by atoms with Gasteiger partial charge < -0.3 is 14.6 Å². The minimum Gasteiger partial charge on any atom is -0.493 e. The topological polar surface area (TPSA) is 41.9 Å². The average Bonchev–Trinajstić information content (AvgIpc) is 3.36. The molecule has 1 N–H and O–H groups in total. The molecule has 2 heterocycles. The summed E-state index contributed by atoms with van der Waals surface area (Å²) in [5, 5.41) is 10.8. The van der Waals surface area contributed by atoms with Crippen molar-refractivity contribution in [2.45, 2.75) is 62.2 Å². The van der Waals surface area contributed by atoms with Gasteiger partial charge >= 0.3 is 0 Å². The van der Waals surface area contributed by atoms with Crippen molar-refractivity contribution in [3.05, 3.63) is 23.3 Å². The van der Waals surface area contributed by atoms with Crippen LogP contribution in [0.5, 0.6) is 11.5 Å². The standard InChI is InChI=1S/C21H27NO3/c1-24-17-7-4-13-10-15-14-5-6-16(23)20-21(14,18(13)19(17)25-20)8-9-22(15)11-12-2-3-12/h4,7,12,14-16,20,23H,2-3,5-6,8-11H2,1H3/t14-,15+,16-,20-,21-/m0/s1. The molecule has 2 bridgehead atoms. The van der Waals surface area contributed by atoms with E-state index in [-0.39, 0.29) is 17.6 Å². The Morgan fingerprint density at radius 3 is 2.96 bits per heavy atom. The Bertz CT molecular complexity index is 730. The molecule has 2 saturated carbocycles. The van der Waals surface area contributed by atoms with Gasteiger partial charge in [-0.1, -0.05) is 6.07 Å². The molecular formula is C21H27NO3. The normalized spacial score (nSPS) is 41.2. The zero-order valence-corrected chi connectivity index (χ0v) is 14.9. The molecule has 1 aromatic rings. The van der Waals surface area contributed by atoms with Gasteiger partial charge in [-0.3, -0.25) is 4.90 Å². The quantitative estimate of drug-likeness (QED) is 0.917. The highest BCUT2D eigenvalue weighted by Gasteiger charge is 2.65. The number of rotatable bonds is 3. The Balaban J connectivity index is 1.52. The number of benzene rings is 1. The lowest BCUT2D eigenvalue weighted by atomic mass is 9.51. The minimum atomic E-state index is -0.352. The fourth-order valence-corrected chi connectivity index (χ4v) is 6.61. The van der Waals surface area contributed by atoms with E-state index in [4.69, 9.17) is 9.47 Å². The van der Waals surface area contributed by atoms with Crippen molar-refractivity contribution >= 4 is 0 Å². The van der Waals surface area contributed by atoms with Crippen LogP contribution in [-0.4, -0.2) is 48.5 Å². The Kier molecular flexibility index (Phi) is 2.92. The molecule has 134 valence electrons. The van der Waals surface area contributed by atoms with E-state index in [0.717, 1.165) is 49.6 Å². The first-order valence-corrected chi connectivity index (χ1v) is 10.0. The van der Waals surface area contributed by atoms with Crippen LogP contribution in [0.4, 0.5) is 0 Å². The van der Waals surface area contributed by atoms with Crippen LogP contribution in [0.25, 0.3) is 0 Å². The van der Waals surface area contributed by atoms with Crippen LogP contribution in [0.1, 0.15) is 43.2 Å². The molecule has 3 fully saturated rings. The van der Waals surface area contributed by atoms with Gasteiger partial charge in [-0.2, -0.15) is 0 Å². The van der Waals surface area contributed by atoms with E-state index in [0.29, 0.717) is 12.0 Å². The molecule has 5 atom stereocenters. The van der Waals surface area contributed by atoms with Crippen LogP contribution < -0.4 is 9.47 Å². The van der Waals surface area contributed by atoms with E-state index < -0.39 is 0 Å². The summed E-state index contributed by atoms with van der Waals surface area (Å²) in [6.07, 6.45) is 6.66. The van der Waals surface area contributed by atoms with Crippen molar-refractivity contribution in [2.24, 2.45) is 11.8 Å². The van der Waals surface area contributed by atoms with E-state index >= 15 is 0 Å². The van der Waals surface area contributed by atoms with Crippen LogP contribution in [0.3, 0.4) is 0 Å². The first kappa shape index (κ1) is 14.9. The highest BCUT2D eigenvalue weighted by Crippen LogP contribution is 2.64. The summed E-state index contributed by atoms with van der Waals surface area (Å²) < 4.78 is 12.1. The van der Waals surface area contributed by atoms with Gasteiger partial charge in [-0.15, -0.1) is 0 Å². The number of nitrogens with zero attached hydrogens (tertiary/aromatic N) is 1. The van der Waals surface area contributed by atoms with Gasteiger partial charge in [-0.05, 0) is 68.5 Å². The van der Waals surface area contributed by atoms with Crippen molar-refractivity contribution < 1.29 is 14.6 Å². The molecule has 2 aliphatic heterocycles. The molecule has 1 saturated heterocycles. The zero-order chi connectivity index (χ0) is 16.8. The predicted molar refractivity (Wildman–Crippen MR) is 94.2 cm³/mol. The molecule has 0 aromatic heterocycles. The molecule has 3 aliphatic carbocycles. The third kappa shape index (κ3) is 1.80. The molecule has 4 nitrogen and oxygen atoms in total. The van der Waals surface area contributed by atoms with Crippen molar-refractivity contribution in [1.82, 2.24) is 4.90 Å². The summed E-state index contributed by atoms with van der Waals surface area (Å²) in [6.45, 7) is 2.43. The van der Waals surface area contributed by atoms with Crippen LogP contribution in [0, 0.1) is 11.8 Å². The summed E-state index contributed by atoms with van der Waals surface area (Å²) in [5.41, 5.74) is 2.84.